The van der Waals surface area contributed by atoms with Gasteiger partial charge in [-0.05, 0) is 72.3 Å². The molecular weight excluding hydrogens is 372 g/mol. The van der Waals surface area contributed by atoms with E-state index in [9.17, 15) is 4.79 Å². The first-order valence-corrected chi connectivity index (χ1v) is 8.97. The third kappa shape index (κ3) is 6.68. The van der Waals surface area contributed by atoms with Gasteiger partial charge in [0.2, 0.25) is 5.91 Å². The van der Waals surface area contributed by atoms with Gasteiger partial charge >= 0.3 is 0 Å². The third-order valence-electron chi connectivity index (χ3n) is 4.02. The van der Waals surface area contributed by atoms with Crippen molar-refractivity contribution in [1.29, 1.82) is 0 Å². The van der Waals surface area contributed by atoms with Crippen molar-refractivity contribution in [2.24, 2.45) is 11.8 Å². The normalized spacial score (nSPS) is 17.0. The van der Waals surface area contributed by atoms with Gasteiger partial charge in [-0.15, -0.1) is 23.7 Å². The van der Waals surface area contributed by atoms with Crippen LogP contribution in [-0.2, 0) is 11.2 Å². The molecule has 1 aliphatic rings. The van der Waals surface area contributed by atoms with Gasteiger partial charge in [0.25, 0.3) is 0 Å². The number of rotatable bonds is 6. The Morgan fingerprint density at radius 2 is 2.19 bits per heavy atom. The quantitative estimate of drug-likeness (QED) is 0.772. The topological polar surface area (TPSA) is 41.1 Å². The van der Waals surface area contributed by atoms with Crippen LogP contribution in [0.4, 0.5) is 0 Å². The molecule has 120 valence electrons. The Morgan fingerprint density at radius 1 is 1.48 bits per heavy atom. The maximum atomic E-state index is 12.0. The number of nitrogens with one attached hydrogen (secondary N) is 2. The maximum absolute atomic E-state index is 12.0. The van der Waals surface area contributed by atoms with Crippen molar-refractivity contribution >= 4 is 45.6 Å². The second-order valence-corrected chi connectivity index (χ2v) is 8.12. The van der Waals surface area contributed by atoms with Gasteiger partial charge in [0.15, 0.2) is 0 Å². The van der Waals surface area contributed by atoms with Gasteiger partial charge in [0.1, 0.15) is 0 Å². The van der Waals surface area contributed by atoms with Crippen LogP contribution in [0.3, 0.4) is 0 Å². The number of hydrogen-bond acceptors (Lipinski definition) is 3. The molecule has 0 spiro atoms. The van der Waals surface area contributed by atoms with E-state index in [0.717, 1.165) is 29.8 Å². The molecule has 0 bridgehead atoms. The van der Waals surface area contributed by atoms with Crippen LogP contribution in [0.1, 0.15) is 31.1 Å². The summed E-state index contributed by atoms with van der Waals surface area (Å²) < 4.78 is 1.15. The highest BCUT2D eigenvalue weighted by Gasteiger charge is 2.21. The van der Waals surface area contributed by atoms with Crippen LogP contribution in [0.15, 0.2) is 15.9 Å². The van der Waals surface area contributed by atoms with Crippen molar-refractivity contribution in [3.63, 3.8) is 0 Å². The Kier molecular flexibility index (Phi) is 8.86. The first-order valence-electron chi connectivity index (χ1n) is 7.37. The summed E-state index contributed by atoms with van der Waals surface area (Å²) in [6.45, 7) is 5.16. The molecule has 1 aromatic rings. The molecular formula is C15H24BrClN2OS. The van der Waals surface area contributed by atoms with E-state index < -0.39 is 0 Å². The summed E-state index contributed by atoms with van der Waals surface area (Å²) in [5.41, 5.74) is 0. The van der Waals surface area contributed by atoms with E-state index in [1.165, 1.54) is 17.7 Å². The summed E-state index contributed by atoms with van der Waals surface area (Å²) in [5.74, 6) is 1.40. The molecule has 1 aromatic heterocycles. The molecule has 1 atom stereocenters. The van der Waals surface area contributed by atoms with Crippen molar-refractivity contribution in [1.82, 2.24) is 10.6 Å². The molecule has 2 heterocycles. The molecule has 2 N–H and O–H groups in total. The van der Waals surface area contributed by atoms with Crippen LogP contribution in [-0.4, -0.2) is 25.5 Å². The molecule has 2 rings (SSSR count). The van der Waals surface area contributed by atoms with Crippen LogP contribution in [0.2, 0.25) is 0 Å². The minimum Gasteiger partial charge on any atom is -0.356 e. The Labute approximate surface area is 145 Å². The van der Waals surface area contributed by atoms with E-state index in [0.29, 0.717) is 18.3 Å². The fourth-order valence-electron chi connectivity index (χ4n) is 2.76. The summed E-state index contributed by atoms with van der Waals surface area (Å²) in [4.78, 5) is 13.3. The molecule has 1 fully saturated rings. The van der Waals surface area contributed by atoms with E-state index in [4.69, 9.17) is 0 Å². The monoisotopic (exact) mass is 394 g/mol. The van der Waals surface area contributed by atoms with Gasteiger partial charge < -0.3 is 10.6 Å². The Hall–Kier alpha value is -0.100. The Balaban J connectivity index is 0.00000220. The molecule has 0 aliphatic carbocycles. The highest BCUT2D eigenvalue weighted by molar-refractivity contribution is 9.11. The summed E-state index contributed by atoms with van der Waals surface area (Å²) in [7, 11) is 0. The molecule has 3 nitrogen and oxygen atoms in total. The van der Waals surface area contributed by atoms with Gasteiger partial charge in [-0.1, -0.05) is 6.92 Å². The van der Waals surface area contributed by atoms with Crippen molar-refractivity contribution in [3.05, 3.63) is 20.8 Å². The standard InChI is InChI=1S/C15H23BrN2OS.ClH/c1-11(12-4-7-17-8-5-12)10-15(19)18-9-6-13-2-3-14(16)20-13;/h2-3,11-12,17H,4-10H2,1H3,(H,18,19);1H. The van der Waals surface area contributed by atoms with E-state index in [2.05, 4.69) is 45.6 Å². The van der Waals surface area contributed by atoms with Crippen LogP contribution < -0.4 is 10.6 Å². The summed E-state index contributed by atoms with van der Waals surface area (Å²) in [6.07, 6.45) is 4.00. The molecule has 21 heavy (non-hydrogen) atoms. The number of carbonyl (C=O) groups excluding carboxylic acids is 1. The van der Waals surface area contributed by atoms with E-state index in [-0.39, 0.29) is 18.3 Å². The first-order chi connectivity index (χ1) is 9.65. The molecule has 1 saturated heterocycles. The van der Waals surface area contributed by atoms with Gasteiger partial charge in [-0.2, -0.15) is 0 Å². The molecule has 0 radical (unpaired) electrons. The SMILES string of the molecule is CC(CC(=O)NCCc1ccc(Br)s1)C1CCNCC1.Cl. The van der Waals surface area contributed by atoms with Crippen LogP contribution >= 0.6 is 39.7 Å². The smallest absolute Gasteiger partial charge is 0.220 e. The predicted octanol–water partition coefficient (Wildman–Crippen LogP) is 3.62. The van der Waals surface area contributed by atoms with E-state index in [1.54, 1.807) is 11.3 Å². The number of amides is 1. The lowest BCUT2D eigenvalue weighted by atomic mass is 9.84. The Morgan fingerprint density at radius 3 is 2.81 bits per heavy atom. The van der Waals surface area contributed by atoms with Gasteiger partial charge in [-0.25, -0.2) is 0 Å². The number of hydrogen-bond donors (Lipinski definition) is 2. The lowest BCUT2D eigenvalue weighted by molar-refractivity contribution is -0.122. The van der Waals surface area contributed by atoms with Gasteiger partial charge in [-0.3, -0.25) is 4.79 Å². The molecule has 1 amide bonds. The van der Waals surface area contributed by atoms with E-state index >= 15 is 0 Å². The zero-order chi connectivity index (χ0) is 14.4. The second-order valence-electron chi connectivity index (χ2n) is 5.57. The highest BCUT2D eigenvalue weighted by atomic mass is 79.9. The fraction of sp³-hybridized carbons (Fsp3) is 0.667. The minimum atomic E-state index is 0. The molecule has 1 unspecified atom stereocenters. The van der Waals surface area contributed by atoms with Crippen LogP contribution in [0.5, 0.6) is 0 Å². The van der Waals surface area contributed by atoms with E-state index in [1.807, 2.05) is 0 Å². The maximum Gasteiger partial charge on any atom is 0.220 e. The molecule has 0 aromatic carbocycles. The number of thiophene rings is 1. The predicted molar refractivity (Wildman–Crippen MR) is 95.4 cm³/mol. The average Bonchev–Trinajstić information content (AvgIpc) is 2.85. The lowest BCUT2D eigenvalue weighted by Crippen LogP contribution is -2.33. The van der Waals surface area contributed by atoms with Crippen LogP contribution in [0, 0.1) is 11.8 Å². The number of halogens is 2. The first kappa shape index (κ1) is 18.9. The summed E-state index contributed by atoms with van der Waals surface area (Å²) in [5, 5.41) is 6.42. The van der Waals surface area contributed by atoms with Crippen molar-refractivity contribution in [2.45, 2.75) is 32.6 Å². The molecule has 6 heteroatoms. The average molecular weight is 396 g/mol. The van der Waals surface area contributed by atoms with Crippen molar-refractivity contribution in [2.75, 3.05) is 19.6 Å². The molecule has 0 saturated carbocycles. The van der Waals surface area contributed by atoms with Crippen molar-refractivity contribution in [3.8, 4) is 0 Å². The lowest BCUT2D eigenvalue weighted by Gasteiger charge is -2.27. The fourth-order valence-corrected chi connectivity index (χ4v) is 4.24. The van der Waals surface area contributed by atoms with Gasteiger partial charge in [0.05, 0.1) is 3.79 Å². The zero-order valence-corrected chi connectivity index (χ0v) is 15.6. The summed E-state index contributed by atoms with van der Waals surface area (Å²) in [6, 6.07) is 4.17. The summed E-state index contributed by atoms with van der Waals surface area (Å²) >= 11 is 5.19. The highest BCUT2D eigenvalue weighted by Crippen LogP contribution is 2.24. The third-order valence-corrected chi connectivity index (χ3v) is 5.70. The largest absolute Gasteiger partial charge is 0.356 e. The number of carbonyl (C=O) groups is 1. The van der Waals surface area contributed by atoms with Gasteiger partial charge in [0, 0.05) is 17.8 Å². The second kappa shape index (κ2) is 9.82. The minimum absolute atomic E-state index is 0. The molecule has 1 aliphatic heterocycles. The number of piperidine rings is 1. The van der Waals surface area contributed by atoms with Crippen molar-refractivity contribution < 1.29 is 4.79 Å². The zero-order valence-electron chi connectivity index (χ0n) is 12.4. The van der Waals surface area contributed by atoms with Crippen LogP contribution in [0.25, 0.3) is 0 Å². The Bertz CT molecular complexity index is 435.